The number of hydrogen-bond acceptors (Lipinski definition) is 3. The van der Waals surface area contributed by atoms with Crippen LogP contribution in [0.5, 0.6) is 0 Å². The normalized spacial score (nSPS) is 12.8. The monoisotopic (exact) mass is 403 g/mol. The zero-order valence-corrected chi connectivity index (χ0v) is 17.9. The standard InChI is InChI=1S/C22H30N2O3S/c1-5-7-17-10-12-18(13-11-17)22(16(2)3)23-15-21(25)24-19-8-6-9-20(14-19)28(4,26)27/h6,8-14,16,22-23H,5,7,15H2,1-4H3,(H,24,25)/p+1/t22-/m0/s1. The molecule has 0 fully saturated rings. The van der Waals surface area contributed by atoms with Gasteiger partial charge >= 0.3 is 0 Å². The molecular formula is C22H31N2O3S+. The zero-order chi connectivity index (χ0) is 20.7. The van der Waals surface area contributed by atoms with Crippen LogP contribution in [0, 0.1) is 5.92 Å². The number of sulfone groups is 1. The third-order valence-corrected chi connectivity index (χ3v) is 5.83. The van der Waals surface area contributed by atoms with E-state index in [-0.39, 0.29) is 23.4 Å². The molecule has 3 N–H and O–H groups in total. The molecular weight excluding hydrogens is 372 g/mol. The Morgan fingerprint density at radius 2 is 1.79 bits per heavy atom. The third-order valence-electron chi connectivity index (χ3n) is 4.72. The molecule has 0 aliphatic rings. The van der Waals surface area contributed by atoms with E-state index < -0.39 is 9.84 Å². The van der Waals surface area contributed by atoms with Crippen LogP contribution in [0.25, 0.3) is 0 Å². The molecule has 0 bridgehead atoms. The van der Waals surface area contributed by atoms with Crippen LogP contribution in [-0.2, 0) is 21.1 Å². The van der Waals surface area contributed by atoms with Gasteiger partial charge in [0.1, 0.15) is 6.04 Å². The molecule has 0 spiro atoms. The van der Waals surface area contributed by atoms with E-state index in [0.717, 1.165) is 19.1 Å². The molecule has 0 heterocycles. The van der Waals surface area contributed by atoms with Crippen molar-refractivity contribution in [1.29, 1.82) is 0 Å². The summed E-state index contributed by atoms with van der Waals surface area (Å²) < 4.78 is 23.3. The molecule has 6 heteroatoms. The maximum Gasteiger partial charge on any atom is 0.279 e. The quantitative estimate of drug-likeness (QED) is 0.676. The first-order valence-corrected chi connectivity index (χ1v) is 11.6. The van der Waals surface area contributed by atoms with Crippen LogP contribution >= 0.6 is 0 Å². The molecule has 0 aliphatic carbocycles. The van der Waals surface area contributed by atoms with Crippen molar-refractivity contribution in [2.24, 2.45) is 5.92 Å². The first kappa shape index (κ1) is 22.1. The Balaban J connectivity index is 2.01. The Hall–Kier alpha value is -2.18. The van der Waals surface area contributed by atoms with Crippen molar-refractivity contribution >= 4 is 21.4 Å². The number of anilines is 1. The van der Waals surface area contributed by atoms with Crippen LogP contribution in [0.4, 0.5) is 5.69 Å². The van der Waals surface area contributed by atoms with Crippen molar-refractivity contribution in [3.8, 4) is 0 Å². The van der Waals surface area contributed by atoms with Gasteiger partial charge in [0.05, 0.1) is 4.90 Å². The zero-order valence-electron chi connectivity index (χ0n) is 17.1. The molecule has 2 aromatic rings. The average Bonchev–Trinajstić information content (AvgIpc) is 2.62. The maximum absolute atomic E-state index is 12.4. The number of rotatable bonds is 9. The minimum atomic E-state index is -3.30. The summed E-state index contributed by atoms with van der Waals surface area (Å²) in [5.74, 6) is 0.220. The minimum absolute atomic E-state index is 0.154. The molecule has 0 saturated carbocycles. The second-order valence-electron chi connectivity index (χ2n) is 7.55. The fourth-order valence-corrected chi connectivity index (χ4v) is 3.91. The Kier molecular flexibility index (Phi) is 7.78. The van der Waals surface area contributed by atoms with Gasteiger partial charge in [0.2, 0.25) is 0 Å². The Bertz CT molecular complexity index is 890. The summed E-state index contributed by atoms with van der Waals surface area (Å²) in [6, 6.07) is 15.2. The molecule has 0 radical (unpaired) electrons. The fourth-order valence-electron chi connectivity index (χ4n) is 3.24. The Morgan fingerprint density at radius 1 is 1.11 bits per heavy atom. The van der Waals surface area contributed by atoms with E-state index in [1.54, 1.807) is 12.1 Å². The predicted molar refractivity (Wildman–Crippen MR) is 113 cm³/mol. The summed E-state index contributed by atoms with van der Waals surface area (Å²) in [6.45, 7) is 6.73. The maximum atomic E-state index is 12.4. The van der Waals surface area contributed by atoms with E-state index in [1.807, 2.05) is 5.32 Å². The predicted octanol–water partition coefficient (Wildman–Crippen LogP) is 2.94. The minimum Gasteiger partial charge on any atom is -0.332 e. The molecule has 152 valence electrons. The summed E-state index contributed by atoms with van der Waals surface area (Å²) in [4.78, 5) is 12.6. The third kappa shape index (κ3) is 6.46. The van der Waals surface area contributed by atoms with Crippen LogP contribution < -0.4 is 10.6 Å². The lowest BCUT2D eigenvalue weighted by Crippen LogP contribution is -2.88. The highest BCUT2D eigenvalue weighted by atomic mass is 32.2. The van der Waals surface area contributed by atoms with E-state index in [4.69, 9.17) is 0 Å². The van der Waals surface area contributed by atoms with Gasteiger partial charge in [-0.2, -0.15) is 0 Å². The number of carbonyl (C=O) groups is 1. The lowest BCUT2D eigenvalue weighted by Gasteiger charge is -2.20. The SMILES string of the molecule is CCCc1ccc([C@@H]([NH2+]CC(=O)Nc2cccc(S(C)(=O)=O)c2)C(C)C)cc1. The van der Waals surface area contributed by atoms with E-state index in [1.165, 1.54) is 23.3 Å². The molecule has 2 rings (SSSR count). The topological polar surface area (TPSA) is 79.8 Å². The van der Waals surface area contributed by atoms with E-state index in [2.05, 4.69) is 50.4 Å². The largest absolute Gasteiger partial charge is 0.332 e. The van der Waals surface area contributed by atoms with Gasteiger partial charge in [0, 0.05) is 23.4 Å². The van der Waals surface area contributed by atoms with Gasteiger partial charge in [-0.05, 0) is 30.2 Å². The smallest absolute Gasteiger partial charge is 0.279 e. The molecule has 1 atom stereocenters. The fraction of sp³-hybridized carbons (Fsp3) is 0.409. The molecule has 0 aromatic heterocycles. The van der Waals surface area contributed by atoms with E-state index >= 15 is 0 Å². The molecule has 2 aromatic carbocycles. The highest BCUT2D eigenvalue weighted by molar-refractivity contribution is 7.90. The molecule has 0 unspecified atom stereocenters. The number of carbonyl (C=O) groups excluding carboxylic acids is 1. The van der Waals surface area contributed by atoms with Gasteiger partial charge in [-0.3, -0.25) is 4.79 Å². The van der Waals surface area contributed by atoms with Crippen molar-refractivity contribution in [1.82, 2.24) is 0 Å². The first-order chi connectivity index (χ1) is 13.2. The van der Waals surface area contributed by atoms with Gasteiger partial charge < -0.3 is 10.6 Å². The van der Waals surface area contributed by atoms with E-state index in [0.29, 0.717) is 11.6 Å². The van der Waals surface area contributed by atoms with Crippen LogP contribution in [-0.4, -0.2) is 27.1 Å². The summed E-state index contributed by atoms with van der Waals surface area (Å²) in [6.07, 6.45) is 3.35. The number of nitrogens with two attached hydrogens (primary N) is 1. The molecule has 5 nitrogen and oxygen atoms in total. The van der Waals surface area contributed by atoms with Crippen molar-refractivity contribution < 1.29 is 18.5 Å². The van der Waals surface area contributed by atoms with Crippen LogP contribution in [0.2, 0.25) is 0 Å². The average molecular weight is 404 g/mol. The number of aryl methyl sites for hydroxylation is 1. The number of benzene rings is 2. The van der Waals surface area contributed by atoms with E-state index in [9.17, 15) is 13.2 Å². The van der Waals surface area contributed by atoms with Gasteiger partial charge in [-0.25, -0.2) is 8.42 Å². The summed E-state index contributed by atoms with van der Waals surface area (Å²) in [5.41, 5.74) is 3.03. The lowest BCUT2D eigenvalue weighted by atomic mass is 9.94. The van der Waals surface area contributed by atoms with Gasteiger partial charge in [-0.1, -0.05) is 57.5 Å². The van der Waals surface area contributed by atoms with Crippen molar-refractivity contribution in [3.63, 3.8) is 0 Å². The van der Waals surface area contributed by atoms with Crippen LogP contribution in [0.15, 0.2) is 53.4 Å². The highest BCUT2D eigenvalue weighted by Crippen LogP contribution is 2.19. The second kappa shape index (κ2) is 9.85. The van der Waals surface area contributed by atoms with Crippen LogP contribution in [0.1, 0.15) is 44.4 Å². The van der Waals surface area contributed by atoms with Crippen molar-refractivity contribution in [2.75, 3.05) is 18.1 Å². The summed E-state index contributed by atoms with van der Waals surface area (Å²) >= 11 is 0. The molecule has 0 aliphatic heterocycles. The first-order valence-electron chi connectivity index (χ1n) is 9.73. The van der Waals surface area contributed by atoms with Crippen LogP contribution in [0.3, 0.4) is 0 Å². The Morgan fingerprint density at radius 3 is 2.36 bits per heavy atom. The molecule has 1 amide bonds. The van der Waals surface area contributed by atoms with Crippen molar-refractivity contribution in [3.05, 3.63) is 59.7 Å². The summed E-state index contributed by atoms with van der Waals surface area (Å²) in [5, 5.41) is 4.83. The van der Waals surface area contributed by atoms with Gasteiger partial charge in [-0.15, -0.1) is 0 Å². The lowest BCUT2D eigenvalue weighted by molar-refractivity contribution is -0.692. The number of nitrogens with one attached hydrogen (secondary N) is 1. The number of quaternary nitrogens is 1. The number of amides is 1. The highest BCUT2D eigenvalue weighted by Gasteiger charge is 2.20. The summed E-state index contributed by atoms with van der Waals surface area (Å²) in [7, 11) is -3.30. The van der Waals surface area contributed by atoms with Crippen molar-refractivity contribution in [2.45, 2.75) is 44.6 Å². The van der Waals surface area contributed by atoms with Gasteiger partial charge in [0.15, 0.2) is 16.4 Å². The second-order valence-corrected chi connectivity index (χ2v) is 9.57. The molecule has 0 saturated heterocycles. The Labute approximate surface area is 168 Å². The number of hydrogen-bond donors (Lipinski definition) is 2. The van der Waals surface area contributed by atoms with Gasteiger partial charge in [0.25, 0.3) is 5.91 Å². The molecule has 28 heavy (non-hydrogen) atoms.